The molecule has 2 N–H and O–H groups in total. The summed E-state index contributed by atoms with van der Waals surface area (Å²) in [4.78, 5) is 21.5. The van der Waals surface area contributed by atoms with Crippen LogP contribution in [0, 0.1) is 0 Å². The Morgan fingerprint density at radius 3 is 2.76 bits per heavy atom. The Bertz CT molecular complexity index is 422. The summed E-state index contributed by atoms with van der Waals surface area (Å²) in [7, 11) is 1.30. The van der Waals surface area contributed by atoms with E-state index in [0.29, 0.717) is 11.3 Å². The molecule has 0 aliphatic carbocycles. The Balaban J connectivity index is 2.60. The molecule has 6 heteroatoms. The second-order valence-electron chi connectivity index (χ2n) is 3.19. The van der Waals surface area contributed by atoms with Crippen LogP contribution in [0.25, 0.3) is 0 Å². The molecule has 1 unspecified atom stereocenters. The summed E-state index contributed by atoms with van der Waals surface area (Å²) in [5.41, 5.74) is 5.48. The van der Waals surface area contributed by atoms with E-state index in [1.807, 2.05) is 0 Å². The van der Waals surface area contributed by atoms with Gasteiger partial charge >= 0.3 is 5.97 Å². The number of esters is 1. The molecule has 1 aromatic carbocycles. The maximum atomic E-state index is 11.1. The summed E-state index contributed by atoms with van der Waals surface area (Å²) < 4.78 is 9.85. The highest BCUT2D eigenvalue weighted by Crippen LogP contribution is 2.14. The maximum Gasteiger partial charge on any atom is 0.322 e. The molecule has 0 bridgehead atoms. The van der Waals surface area contributed by atoms with E-state index < -0.39 is 16.7 Å². The Hall–Kier alpha value is -1.56. The molecule has 0 spiro atoms. The van der Waals surface area contributed by atoms with Crippen LogP contribution in [0.4, 0.5) is 0 Å². The van der Waals surface area contributed by atoms with Gasteiger partial charge in [0.15, 0.2) is 0 Å². The van der Waals surface area contributed by atoms with Gasteiger partial charge in [-0.3, -0.25) is 9.59 Å². The molecule has 0 aliphatic heterocycles. The number of hydrogen-bond donors (Lipinski definition) is 1. The van der Waals surface area contributed by atoms with E-state index in [9.17, 15) is 9.59 Å². The number of methoxy groups -OCH3 is 1. The van der Waals surface area contributed by atoms with Crippen molar-refractivity contribution in [2.24, 2.45) is 5.73 Å². The second kappa shape index (κ2) is 6.24. The summed E-state index contributed by atoms with van der Waals surface area (Å²) >= 11 is 3.12. The molecule has 1 atom stereocenters. The normalized spacial score (nSPS) is 11.6. The fraction of sp³-hybridized carbons (Fsp3) is 0.273. The number of halogens is 1. The van der Waals surface area contributed by atoms with E-state index in [2.05, 4.69) is 20.7 Å². The molecule has 0 radical (unpaired) electrons. The van der Waals surface area contributed by atoms with Gasteiger partial charge in [0.25, 0.3) is 0 Å². The number of ether oxygens (including phenoxy) is 2. The minimum atomic E-state index is -0.551. The standard InChI is InChI=1S/C11H12BrNO4/c1-16-11(15)9(12)6-17-8-4-2-3-7(5-8)10(13)14/h2-5,9H,6H2,1H3,(H2,13,14). The van der Waals surface area contributed by atoms with Crippen LogP contribution in [-0.4, -0.2) is 30.4 Å². The zero-order valence-electron chi connectivity index (χ0n) is 9.18. The number of carbonyl (C=O) groups is 2. The fourth-order valence-electron chi connectivity index (χ4n) is 1.10. The highest BCUT2D eigenvalue weighted by atomic mass is 79.9. The average Bonchev–Trinajstić information content (AvgIpc) is 2.35. The number of carbonyl (C=O) groups excluding carboxylic acids is 2. The summed E-state index contributed by atoms with van der Waals surface area (Å²) in [5.74, 6) is -0.482. The topological polar surface area (TPSA) is 78.6 Å². The quantitative estimate of drug-likeness (QED) is 0.652. The van der Waals surface area contributed by atoms with Crippen molar-refractivity contribution in [1.29, 1.82) is 0 Å². The van der Waals surface area contributed by atoms with Gasteiger partial charge in [-0.15, -0.1) is 0 Å². The highest BCUT2D eigenvalue weighted by molar-refractivity contribution is 9.10. The lowest BCUT2D eigenvalue weighted by molar-refractivity contribution is -0.140. The predicted octanol–water partition coefficient (Wildman–Crippen LogP) is 1.10. The van der Waals surface area contributed by atoms with Gasteiger partial charge in [0.2, 0.25) is 5.91 Å². The van der Waals surface area contributed by atoms with Crippen molar-refractivity contribution in [2.45, 2.75) is 4.83 Å². The molecule has 0 saturated heterocycles. The van der Waals surface area contributed by atoms with Crippen LogP contribution in [0.1, 0.15) is 10.4 Å². The summed E-state index contributed by atoms with van der Waals surface area (Å²) in [6, 6.07) is 6.42. The van der Waals surface area contributed by atoms with Crippen molar-refractivity contribution in [3.05, 3.63) is 29.8 Å². The summed E-state index contributed by atoms with van der Waals surface area (Å²) in [5, 5.41) is 0. The van der Waals surface area contributed by atoms with Gasteiger partial charge in [-0.25, -0.2) is 0 Å². The van der Waals surface area contributed by atoms with Crippen molar-refractivity contribution in [1.82, 2.24) is 0 Å². The number of hydrogen-bond acceptors (Lipinski definition) is 4. The largest absolute Gasteiger partial charge is 0.492 e. The van der Waals surface area contributed by atoms with E-state index in [1.165, 1.54) is 13.2 Å². The van der Waals surface area contributed by atoms with Gasteiger partial charge in [-0.05, 0) is 18.2 Å². The zero-order chi connectivity index (χ0) is 12.8. The van der Waals surface area contributed by atoms with E-state index in [1.54, 1.807) is 18.2 Å². The van der Waals surface area contributed by atoms with Crippen LogP contribution in [0.2, 0.25) is 0 Å². The Kier molecular flexibility index (Phi) is 4.96. The third-order valence-electron chi connectivity index (χ3n) is 1.97. The smallest absolute Gasteiger partial charge is 0.322 e. The van der Waals surface area contributed by atoms with Crippen LogP contribution in [-0.2, 0) is 9.53 Å². The minimum Gasteiger partial charge on any atom is -0.492 e. The van der Waals surface area contributed by atoms with Crippen molar-refractivity contribution in [3.8, 4) is 5.75 Å². The molecule has 1 aromatic rings. The van der Waals surface area contributed by atoms with E-state index >= 15 is 0 Å². The number of primary amides is 1. The minimum absolute atomic E-state index is 0.106. The van der Waals surface area contributed by atoms with Crippen molar-refractivity contribution < 1.29 is 19.1 Å². The van der Waals surface area contributed by atoms with Crippen LogP contribution in [0.15, 0.2) is 24.3 Å². The third-order valence-corrected chi connectivity index (χ3v) is 2.61. The Morgan fingerprint density at radius 1 is 1.47 bits per heavy atom. The molecular formula is C11H12BrNO4. The average molecular weight is 302 g/mol. The number of rotatable bonds is 5. The van der Waals surface area contributed by atoms with Gasteiger partial charge in [0, 0.05) is 5.56 Å². The molecule has 0 aromatic heterocycles. The van der Waals surface area contributed by atoms with Crippen LogP contribution >= 0.6 is 15.9 Å². The first kappa shape index (κ1) is 13.5. The molecule has 0 fully saturated rings. The Labute approximate surface area is 107 Å². The van der Waals surface area contributed by atoms with Gasteiger partial charge < -0.3 is 15.2 Å². The SMILES string of the molecule is COC(=O)C(Br)COc1cccc(C(N)=O)c1. The lowest BCUT2D eigenvalue weighted by Gasteiger charge is -2.10. The van der Waals surface area contributed by atoms with Gasteiger partial charge in [0.1, 0.15) is 17.2 Å². The highest BCUT2D eigenvalue weighted by Gasteiger charge is 2.15. The Morgan fingerprint density at radius 2 is 2.18 bits per heavy atom. The number of alkyl halides is 1. The first-order chi connectivity index (χ1) is 8.04. The lowest BCUT2D eigenvalue weighted by atomic mass is 10.2. The number of amides is 1. The molecule has 0 heterocycles. The van der Waals surface area contributed by atoms with Crippen LogP contribution in [0.5, 0.6) is 5.75 Å². The van der Waals surface area contributed by atoms with E-state index in [4.69, 9.17) is 10.5 Å². The first-order valence-corrected chi connectivity index (χ1v) is 5.70. The van der Waals surface area contributed by atoms with Gasteiger partial charge in [0.05, 0.1) is 7.11 Å². The first-order valence-electron chi connectivity index (χ1n) is 4.79. The zero-order valence-corrected chi connectivity index (χ0v) is 10.8. The molecule has 92 valence electrons. The van der Waals surface area contributed by atoms with E-state index in [0.717, 1.165) is 0 Å². The molecule has 17 heavy (non-hydrogen) atoms. The van der Waals surface area contributed by atoms with Crippen LogP contribution in [0.3, 0.4) is 0 Å². The van der Waals surface area contributed by atoms with Crippen molar-refractivity contribution in [3.63, 3.8) is 0 Å². The van der Waals surface area contributed by atoms with Crippen LogP contribution < -0.4 is 10.5 Å². The monoisotopic (exact) mass is 301 g/mol. The predicted molar refractivity (Wildman–Crippen MR) is 65.2 cm³/mol. The molecule has 0 aliphatic rings. The third kappa shape index (κ3) is 4.07. The fourth-order valence-corrected chi connectivity index (χ4v) is 1.42. The van der Waals surface area contributed by atoms with Gasteiger partial charge in [-0.2, -0.15) is 0 Å². The molecule has 1 rings (SSSR count). The summed E-state index contributed by atoms with van der Waals surface area (Å²) in [6.45, 7) is 0.106. The molecule has 5 nitrogen and oxygen atoms in total. The van der Waals surface area contributed by atoms with Crippen molar-refractivity contribution >= 4 is 27.8 Å². The number of nitrogens with two attached hydrogens (primary N) is 1. The lowest BCUT2D eigenvalue weighted by Crippen LogP contribution is -2.23. The summed E-state index contributed by atoms with van der Waals surface area (Å²) in [6.07, 6.45) is 0. The number of benzene rings is 1. The van der Waals surface area contributed by atoms with E-state index in [-0.39, 0.29) is 6.61 Å². The van der Waals surface area contributed by atoms with Crippen molar-refractivity contribution in [2.75, 3.05) is 13.7 Å². The second-order valence-corrected chi connectivity index (χ2v) is 4.30. The molecule has 0 saturated carbocycles. The molecule has 1 amide bonds. The van der Waals surface area contributed by atoms with Gasteiger partial charge in [-0.1, -0.05) is 22.0 Å². The maximum absolute atomic E-state index is 11.1. The molecular weight excluding hydrogens is 290 g/mol.